The van der Waals surface area contributed by atoms with E-state index in [2.05, 4.69) is 9.26 Å². The van der Waals surface area contributed by atoms with Crippen LogP contribution in [-0.4, -0.2) is 62.6 Å². The van der Waals surface area contributed by atoms with Crippen molar-refractivity contribution in [3.63, 3.8) is 0 Å². The Bertz CT molecular complexity index is 275. The first kappa shape index (κ1) is 14.0. The second-order valence-corrected chi connectivity index (χ2v) is 4.42. The third-order valence-electron chi connectivity index (χ3n) is 2.09. The number of hydrogen-bond acceptors (Lipinski definition) is 8. The molecule has 4 unspecified atom stereocenters. The Morgan fingerprint density at radius 1 is 1.25 bits per heavy atom. The summed E-state index contributed by atoms with van der Waals surface area (Å²) in [5, 5.41) is 36.5. The van der Waals surface area contributed by atoms with Gasteiger partial charge in [0.05, 0.1) is 6.61 Å². The smallest absolute Gasteiger partial charge is 0.267 e. The van der Waals surface area contributed by atoms with Crippen molar-refractivity contribution in [2.24, 2.45) is 0 Å². The molecule has 0 saturated carbocycles. The van der Waals surface area contributed by atoms with Crippen LogP contribution < -0.4 is 4.89 Å². The van der Waals surface area contributed by atoms with Gasteiger partial charge in [-0.05, 0) is 0 Å². The molecule has 0 radical (unpaired) electrons. The molecule has 0 bridgehead atoms. The molecule has 10 heteroatoms. The van der Waals surface area contributed by atoms with Crippen LogP contribution in [0.5, 0.6) is 0 Å². The number of aliphatic hydroxyl groups is 4. The Morgan fingerprint density at radius 3 is 2.25 bits per heavy atom. The lowest BCUT2D eigenvalue weighted by Crippen LogP contribution is -2.59. The van der Waals surface area contributed by atoms with E-state index in [0.29, 0.717) is 0 Å². The summed E-state index contributed by atoms with van der Waals surface area (Å²) in [6.45, 7) is -0.723. The highest BCUT2D eigenvalue weighted by molar-refractivity contribution is 7.44. The molecule has 9 nitrogen and oxygen atoms in total. The highest BCUT2D eigenvalue weighted by atomic mass is 31.2. The largest absolute Gasteiger partial charge is 0.756 e. The number of phosphoric ester groups is 1. The van der Waals surface area contributed by atoms with Crippen LogP contribution in [0.25, 0.3) is 0 Å². The van der Waals surface area contributed by atoms with Crippen LogP contribution in [0.3, 0.4) is 0 Å². The minimum atomic E-state index is -5.16. The highest BCUT2D eigenvalue weighted by Crippen LogP contribution is 2.36. The average Bonchev–Trinajstić information content (AvgIpc) is 2.17. The van der Waals surface area contributed by atoms with Crippen LogP contribution in [0, 0.1) is 0 Å². The van der Waals surface area contributed by atoms with Crippen LogP contribution in [0.1, 0.15) is 0 Å². The molecule has 1 fully saturated rings. The van der Waals surface area contributed by atoms with Crippen molar-refractivity contribution in [3.05, 3.63) is 0 Å². The van der Waals surface area contributed by atoms with Crippen molar-refractivity contribution in [1.29, 1.82) is 0 Å². The Morgan fingerprint density at radius 2 is 1.81 bits per heavy atom. The molecule has 16 heavy (non-hydrogen) atoms. The Labute approximate surface area is 90.1 Å². The lowest BCUT2D eigenvalue weighted by atomic mass is 10.00. The first-order chi connectivity index (χ1) is 7.26. The molecular formula is C6H12O9P-. The number of rotatable bonds is 3. The van der Waals surface area contributed by atoms with Crippen LogP contribution >= 0.6 is 7.82 Å². The van der Waals surface area contributed by atoms with E-state index in [9.17, 15) is 24.8 Å². The van der Waals surface area contributed by atoms with Gasteiger partial charge >= 0.3 is 0 Å². The number of ether oxygens (including phenoxy) is 1. The predicted octanol–water partition coefficient (Wildman–Crippen LogP) is -3.74. The van der Waals surface area contributed by atoms with E-state index in [0.717, 1.165) is 0 Å². The van der Waals surface area contributed by atoms with Crippen LogP contribution in [0.2, 0.25) is 0 Å². The van der Waals surface area contributed by atoms with Gasteiger partial charge in [-0.15, -0.1) is 0 Å². The third-order valence-corrected chi connectivity index (χ3v) is 2.56. The summed E-state index contributed by atoms with van der Waals surface area (Å²) in [6, 6.07) is 0. The lowest BCUT2D eigenvalue weighted by Gasteiger charge is -2.40. The van der Waals surface area contributed by atoms with Crippen LogP contribution in [0.4, 0.5) is 0 Å². The van der Waals surface area contributed by atoms with Crippen molar-refractivity contribution in [2.45, 2.75) is 30.7 Å². The van der Waals surface area contributed by atoms with Crippen molar-refractivity contribution < 1.29 is 44.0 Å². The van der Waals surface area contributed by atoms with Gasteiger partial charge in [0.1, 0.15) is 24.4 Å². The van der Waals surface area contributed by atoms with Crippen LogP contribution in [-0.2, 0) is 13.8 Å². The minimum Gasteiger partial charge on any atom is -0.756 e. The van der Waals surface area contributed by atoms with E-state index in [1.807, 2.05) is 0 Å². The molecule has 1 saturated heterocycles. The topological polar surface area (TPSA) is 160 Å². The van der Waals surface area contributed by atoms with E-state index in [4.69, 9.17) is 10.00 Å². The maximum Gasteiger partial charge on any atom is 0.267 e. The van der Waals surface area contributed by atoms with Crippen LogP contribution in [0.15, 0.2) is 0 Å². The molecular weight excluding hydrogens is 247 g/mol. The fraction of sp³-hybridized carbons (Fsp3) is 1.00. The molecule has 96 valence electrons. The summed E-state index contributed by atoms with van der Waals surface area (Å²) in [4.78, 5) is 18.8. The predicted molar refractivity (Wildman–Crippen MR) is 44.7 cm³/mol. The Balaban J connectivity index is 2.75. The number of phosphoric acid groups is 1. The summed E-state index contributed by atoms with van der Waals surface area (Å²) in [7, 11) is -5.16. The van der Waals surface area contributed by atoms with E-state index in [1.54, 1.807) is 0 Å². The number of aliphatic hydroxyl groups excluding tert-OH is 4. The standard InChI is InChI=1S/C6H13O9P/c7-1-2-3(8)4(9)5(10)6(14-2)15-16(11,12)13/h2-10H,1H2,(H2,11,12,13)/p-1/t2?,3?,4-,5?,6-/m1/s1. The van der Waals surface area contributed by atoms with Crippen molar-refractivity contribution in [1.82, 2.24) is 0 Å². The second kappa shape index (κ2) is 5.05. The summed E-state index contributed by atoms with van der Waals surface area (Å²) in [6.07, 6.45) is -8.43. The zero-order chi connectivity index (χ0) is 12.5. The zero-order valence-corrected chi connectivity index (χ0v) is 8.80. The van der Waals surface area contributed by atoms with E-state index in [1.165, 1.54) is 0 Å². The maximum atomic E-state index is 10.4. The SMILES string of the molecule is O=P([O-])(O)O[C@H]1OC(CO)C(O)[C@@H](O)C1O. The fourth-order valence-corrected chi connectivity index (χ4v) is 1.72. The summed E-state index contributed by atoms with van der Waals surface area (Å²) >= 11 is 0. The normalized spacial score (nSPS) is 44.0. The van der Waals surface area contributed by atoms with Gasteiger partial charge in [0.25, 0.3) is 7.82 Å². The average molecular weight is 259 g/mol. The summed E-state index contributed by atoms with van der Waals surface area (Å²) in [5.74, 6) is 0. The second-order valence-electron chi connectivity index (χ2n) is 3.27. The monoisotopic (exact) mass is 259 g/mol. The van der Waals surface area contributed by atoms with Gasteiger partial charge in [-0.25, -0.2) is 0 Å². The molecule has 0 aromatic carbocycles. The van der Waals surface area contributed by atoms with Gasteiger partial charge in [-0.3, -0.25) is 9.09 Å². The third kappa shape index (κ3) is 3.20. The molecule has 0 aromatic heterocycles. The summed E-state index contributed by atoms with van der Waals surface area (Å²) in [5.41, 5.74) is 0. The zero-order valence-electron chi connectivity index (χ0n) is 7.91. The molecule has 1 aliphatic heterocycles. The quantitative estimate of drug-likeness (QED) is 0.321. The fourth-order valence-electron chi connectivity index (χ4n) is 1.29. The van der Waals surface area contributed by atoms with E-state index >= 15 is 0 Å². The van der Waals surface area contributed by atoms with Crippen molar-refractivity contribution in [2.75, 3.05) is 6.61 Å². The highest BCUT2D eigenvalue weighted by Gasteiger charge is 2.45. The Kier molecular flexibility index (Phi) is 4.41. The minimum absolute atomic E-state index is 0.723. The summed E-state index contributed by atoms with van der Waals surface area (Å²) < 4.78 is 19.0. The lowest BCUT2D eigenvalue weighted by molar-refractivity contribution is -0.302. The van der Waals surface area contributed by atoms with Gasteiger partial charge in [-0.2, -0.15) is 0 Å². The molecule has 5 N–H and O–H groups in total. The van der Waals surface area contributed by atoms with E-state index < -0.39 is 45.1 Å². The van der Waals surface area contributed by atoms with Gasteiger partial charge in [-0.1, -0.05) is 0 Å². The van der Waals surface area contributed by atoms with Gasteiger partial charge < -0.3 is 34.9 Å². The number of hydrogen-bond donors (Lipinski definition) is 5. The molecule has 0 amide bonds. The molecule has 0 aliphatic carbocycles. The maximum absolute atomic E-state index is 10.4. The molecule has 0 aromatic rings. The Hall–Kier alpha value is -0.0900. The molecule has 0 spiro atoms. The van der Waals surface area contributed by atoms with E-state index in [-0.39, 0.29) is 0 Å². The van der Waals surface area contributed by atoms with Crippen molar-refractivity contribution >= 4 is 7.82 Å². The van der Waals surface area contributed by atoms with Gasteiger partial charge in [0, 0.05) is 0 Å². The first-order valence-corrected chi connectivity index (χ1v) is 5.78. The first-order valence-electron chi connectivity index (χ1n) is 4.29. The van der Waals surface area contributed by atoms with Gasteiger partial charge in [0.15, 0.2) is 6.29 Å². The molecule has 1 aliphatic rings. The van der Waals surface area contributed by atoms with Gasteiger partial charge in [0.2, 0.25) is 0 Å². The molecule has 1 rings (SSSR count). The van der Waals surface area contributed by atoms with Crippen molar-refractivity contribution in [3.8, 4) is 0 Å². The molecule has 6 atom stereocenters. The molecule has 1 heterocycles.